The van der Waals surface area contributed by atoms with Gasteiger partial charge in [-0.1, -0.05) is 18.5 Å². The van der Waals surface area contributed by atoms with Crippen LogP contribution >= 0.6 is 22.9 Å². The van der Waals surface area contributed by atoms with Gasteiger partial charge in [0.05, 0.1) is 10.9 Å². The molecule has 21 heavy (non-hydrogen) atoms. The maximum atomic E-state index is 8.76. The fraction of sp³-hybridized carbons (Fsp3) is 0.429. The van der Waals surface area contributed by atoms with Gasteiger partial charge < -0.3 is 5.11 Å². The topological polar surface area (TPSA) is 20.2 Å². The Kier molecular flexibility index (Phi) is 19.1. The van der Waals surface area contributed by atoms with Crippen LogP contribution in [-0.2, 0) is 102 Å². The van der Waals surface area contributed by atoms with Gasteiger partial charge in [-0.2, -0.15) is 0 Å². The lowest BCUT2D eigenvalue weighted by atomic mass is 10.2. The van der Waals surface area contributed by atoms with E-state index in [2.05, 4.69) is 22.4 Å². The highest BCUT2D eigenvalue weighted by atomic mass is 35.5. The minimum absolute atomic E-state index is 0.191. The zero-order valence-corrected chi connectivity index (χ0v) is 20.7. The molecule has 0 amide bonds. The summed E-state index contributed by atoms with van der Waals surface area (Å²) in [6.45, 7) is 2.17. The first-order valence-electron chi connectivity index (χ1n) is 4.77. The molecular weight excluding hydrogens is 520 g/mol. The molecule has 1 nitrogen and oxygen atoms in total. The van der Waals surface area contributed by atoms with Gasteiger partial charge in [-0.3, -0.25) is 0 Å². The number of rotatable bonds is 2. The first-order chi connectivity index (χ1) is 10.2. The van der Waals surface area contributed by atoms with Crippen molar-refractivity contribution < 1.29 is 5.11 Å². The van der Waals surface area contributed by atoms with Gasteiger partial charge in [0.2, 0.25) is 0 Å². The summed E-state index contributed by atoms with van der Waals surface area (Å²) >= 11 is 16.6. The van der Waals surface area contributed by atoms with Crippen molar-refractivity contribution in [2.45, 2.75) is 12.8 Å². The molecule has 14 heteroatoms. The van der Waals surface area contributed by atoms with E-state index < -0.39 is 0 Å². The van der Waals surface area contributed by atoms with Crippen molar-refractivity contribution in [3.8, 4) is 0 Å². The van der Waals surface area contributed by atoms with Gasteiger partial charge in [-0.15, -0.1) is 11.3 Å². The minimum Gasteiger partial charge on any atom is -0.396 e. The van der Waals surface area contributed by atoms with Crippen molar-refractivity contribution in [1.29, 1.82) is 0 Å². The molecule has 0 aromatic carbocycles. The van der Waals surface area contributed by atoms with E-state index in [0.717, 1.165) is 9.21 Å². The van der Waals surface area contributed by atoms with Gasteiger partial charge in [0.1, 0.15) is 0 Å². The Hall–Kier alpha value is 2.37. The summed E-state index contributed by atoms with van der Waals surface area (Å²) in [5.74, 6) is 0.220. The number of aliphatic hydroxyl groups excluding tert-OH is 1. The molecular formula is C7H9ClOS12. The Labute approximate surface area is 168 Å². The molecule has 0 bridgehead atoms. The second-order valence-electron chi connectivity index (χ2n) is 2.84. The highest BCUT2D eigenvalue weighted by Crippen LogP contribution is 2.27. The average Bonchev–Trinajstić information content (AvgIpc) is 2.93. The fourth-order valence-corrected chi connectivity index (χ4v) is 21.1. The normalized spacial score (nSPS) is 10.0. The summed E-state index contributed by atoms with van der Waals surface area (Å²) in [4.78, 5) is 1.15. The number of hydrogen-bond acceptors (Lipinski definition) is 4. The van der Waals surface area contributed by atoms with Crippen molar-refractivity contribution >= 4 is 125 Å². The van der Waals surface area contributed by atoms with E-state index in [0.29, 0.717) is 0 Å². The van der Waals surface area contributed by atoms with Crippen LogP contribution in [0.5, 0.6) is 0 Å². The van der Waals surface area contributed by atoms with E-state index in [-0.39, 0.29) is 12.5 Å². The number of thiophene rings is 1. The minimum atomic E-state index is 0.191. The molecule has 0 saturated heterocycles. The Morgan fingerprint density at radius 2 is 1.52 bits per heavy atom. The first-order valence-corrected chi connectivity index (χ1v) is 19.3. The Morgan fingerprint density at radius 1 is 1.05 bits per heavy atom. The van der Waals surface area contributed by atoms with E-state index in [4.69, 9.17) is 16.7 Å². The summed E-state index contributed by atoms with van der Waals surface area (Å²) in [5.41, 5.74) is 0. The van der Waals surface area contributed by atoms with Crippen molar-refractivity contribution in [2.75, 3.05) is 6.61 Å². The van der Waals surface area contributed by atoms with E-state index in [1.54, 1.807) is 62.2 Å². The van der Waals surface area contributed by atoms with Crippen LogP contribution < -0.4 is 0 Å². The smallest absolute Gasteiger partial charge is 0.0931 e. The van der Waals surface area contributed by atoms with Crippen molar-refractivity contribution in [3.63, 3.8) is 0 Å². The molecule has 0 spiro atoms. The van der Waals surface area contributed by atoms with Crippen LogP contribution in [0.15, 0.2) is 12.1 Å². The lowest BCUT2D eigenvalue weighted by Crippen LogP contribution is -1.94. The van der Waals surface area contributed by atoms with Crippen LogP contribution in [0.3, 0.4) is 0 Å². The molecule has 0 aliphatic carbocycles. The predicted molar refractivity (Wildman–Crippen MR) is 126 cm³/mol. The largest absolute Gasteiger partial charge is 0.396 e. The molecule has 1 heterocycles. The summed E-state index contributed by atoms with van der Waals surface area (Å²) < 4.78 is 0.787. The quantitative estimate of drug-likeness (QED) is 0.636. The maximum Gasteiger partial charge on any atom is 0.0931 e. The van der Waals surface area contributed by atoms with Gasteiger partial charge in [0.25, 0.3) is 0 Å². The molecule has 0 aliphatic rings. The third-order valence-corrected chi connectivity index (χ3v) is 20.8. The Bertz CT molecular complexity index is 746. The van der Waals surface area contributed by atoms with Gasteiger partial charge in [-0.05, 0) is 12.1 Å². The molecule has 1 unspecified atom stereocenters. The molecule has 0 radical (unpaired) electrons. The number of halogens is 1. The van der Waals surface area contributed by atoms with E-state index >= 15 is 0 Å². The SMILES string of the molecule is CC(CO)c1ccc(Cl)s1.S=S=S=S=S=S=S=S=S=S=S. The summed E-state index contributed by atoms with van der Waals surface area (Å²) in [6.07, 6.45) is 0. The lowest BCUT2D eigenvalue weighted by molar-refractivity contribution is 0.274. The van der Waals surface area contributed by atoms with E-state index in [1.807, 2.05) is 19.1 Å². The third kappa shape index (κ3) is 14.4. The molecule has 1 aromatic heterocycles. The van der Waals surface area contributed by atoms with E-state index in [9.17, 15) is 0 Å². The summed E-state index contributed by atoms with van der Waals surface area (Å²) in [7, 11) is 14.5. The zero-order valence-electron chi connectivity index (χ0n) is 10.2. The van der Waals surface area contributed by atoms with Crippen LogP contribution in [0.4, 0.5) is 0 Å². The van der Waals surface area contributed by atoms with Crippen molar-refractivity contribution in [3.05, 3.63) is 21.3 Å². The van der Waals surface area contributed by atoms with Crippen LogP contribution in [0.2, 0.25) is 4.34 Å². The number of hydrogen-bond donors (Lipinski definition) is 1. The van der Waals surface area contributed by atoms with Crippen LogP contribution in [0, 0.1) is 0 Å². The molecule has 1 N–H and O–H groups in total. The lowest BCUT2D eigenvalue weighted by Gasteiger charge is -2.01. The first kappa shape index (κ1) is 23.4. The maximum absolute atomic E-state index is 8.76. The van der Waals surface area contributed by atoms with Gasteiger partial charge in [-0.25, -0.2) is 0 Å². The third-order valence-electron chi connectivity index (χ3n) is 1.58. The summed E-state index contributed by atoms with van der Waals surface area (Å²) in [6, 6.07) is 3.81. The van der Waals surface area contributed by atoms with Gasteiger partial charge >= 0.3 is 0 Å². The van der Waals surface area contributed by atoms with Gasteiger partial charge in [0, 0.05) is 113 Å². The van der Waals surface area contributed by atoms with Gasteiger partial charge in [0.15, 0.2) is 0 Å². The second-order valence-corrected chi connectivity index (χ2v) is 20.5. The highest BCUT2D eigenvalue weighted by molar-refractivity contribution is 8.74. The van der Waals surface area contributed by atoms with Crippen LogP contribution in [-0.4, -0.2) is 11.7 Å². The van der Waals surface area contributed by atoms with Crippen LogP contribution in [0.25, 0.3) is 0 Å². The molecule has 1 atom stereocenters. The predicted octanol–water partition coefficient (Wildman–Crippen LogP) is 2.47. The fourth-order valence-electron chi connectivity index (χ4n) is 0.762. The molecule has 0 aliphatic heterocycles. The van der Waals surface area contributed by atoms with Crippen LogP contribution in [0.1, 0.15) is 17.7 Å². The second kappa shape index (κ2) is 17.2. The summed E-state index contributed by atoms with van der Waals surface area (Å²) in [5, 5.41) is 8.76. The monoisotopic (exact) mass is 528 g/mol. The van der Waals surface area contributed by atoms with E-state index in [1.165, 1.54) is 29.1 Å². The molecule has 1 rings (SSSR count). The molecule has 122 valence electrons. The Balaban J connectivity index is 0.000000382. The molecule has 0 fully saturated rings. The average molecular weight is 529 g/mol. The highest BCUT2D eigenvalue weighted by Gasteiger charge is 2.05. The zero-order chi connectivity index (χ0) is 15.9. The molecule has 0 saturated carbocycles. The van der Waals surface area contributed by atoms with Crippen molar-refractivity contribution in [1.82, 2.24) is 0 Å². The molecule has 1 aromatic rings. The van der Waals surface area contributed by atoms with Crippen molar-refractivity contribution in [2.24, 2.45) is 0 Å². The standard InChI is InChI=1S/C7H9ClOS.S11/c1-5(4-9)6-2-3-7(8)10-6;1-3-5-7-9-11-10-8-6-4-2/h2-3,5,9H,4H2,1H3;. The Morgan fingerprint density at radius 3 is 1.86 bits per heavy atom. The number of aliphatic hydroxyl groups is 1.